The zero-order valence-electron chi connectivity index (χ0n) is 21.7. The van der Waals surface area contributed by atoms with Crippen LogP contribution in [0.25, 0.3) is 22.0 Å². The van der Waals surface area contributed by atoms with Crippen molar-refractivity contribution in [2.75, 3.05) is 39.2 Å². The summed E-state index contributed by atoms with van der Waals surface area (Å²) >= 11 is 6.36. The van der Waals surface area contributed by atoms with Gasteiger partial charge in [0.1, 0.15) is 5.75 Å². The van der Waals surface area contributed by atoms with Crippen molar-refractivity contribution in [1.29, 1.82) is 0 Å². The van der Waals surface area contributed by atoms with Gasteiger partial charge < -0.3 is 20.1 Å². The number of Topliss-reactive ketones (excluding diaryl/α,β-unsaturated/α-hetero) is 1. The van der Waals surface area contributed by atoms with E-state index in [4.69, 9.17) is 16.3 Å². The van der Waals surface area contributed by atoms with Crippen LogP contribution in [0.2, 0.25) is 5.02 Å². The number of rotatable bonds is 10. The third kappa shape index (κ3) is 6.08. The standard InChI is InChI=1S/C30H36ClN3O3/c1-34(11-12-35)18-19-3-8-24(9-4-19)33-29-26-15-21(22-13-23(31)16-25(14-22)37-2)7-10-28(26)32-17-27(29)30(36)20-5-6-20/h7,10,13-17,19-20,24,35H,3-6,8-9,11-12,18H2,1-2H3,(H,32,33). The summed E-state index contributed by atoms with van der Waals surface area (Å²) in [6.07, 6.45) is 8.08. The molecular formula is C30H36ClN3O3. The number of hydrogen-bond donors (Lipinski definition) is 2. The number of likely N-dealkylation sites (N-methyl/N-ethyl adjacent to an activating group) is 1. The number of carbonyl (C=O) groups is 1. The molecule has 2 N–H and O–H groups in total. The Morgan fingerprint density at radius 1 is 1.11 bits per heavy atom. The van der Waals surface area contributed by atoms with Gasteiger partial charge in [-0.3, -0.25) is 9.78 Å². The maximum absolute atomic E-state index is 13.3. The lowest BCUT2D eigenvalue weighted by atomic mass is 9.85. The van der Waals surface area contributed by atoms with E-state index in [-0.39, 0.29) is 18.3 Å². The minimum absolute atomic E-state index is 0.123. The number of carbonyl (C=O) groups excluding carboxylic acids is 1. The van der Waals surface area contributed by atoms with E-state index in [1.165, 1.54) is 0 Å². The highest BCUT2D eigenvalue weighted by molar-refractivity contribution is 6.31. The lowest BCUT2D eigenvalue weighted by Crippen LogP contribution is -2.33. The number of fused-ring (bicyclic) bond motifs is 1. The quantitative estimate of drug-likeness (QED) is 0.316. The summed E-state index contributed by atoms with van der Waals surface area (Å²) < 4.78 is 5.43. The predicted molar refractivity (Wildman–Crippen MR) is 150 cm³/mol. The number of anilines is 1. The Bertz CT molecular complexity index is 1270. The molecule has 0 aliphatic heterocycles. The number of benzene rings is 2. The lowest BCUT2D eigenvalue weighted by Gasteiger charge is -2.32. The number of aliphatic hydroxyl groups excluding tert-OH is 1. The number of halogens is 1. The molecule has 0 bridgehead atoms. The van der Waals surface area contributed by atoms with Crippen LogP contribution in [0, 0.1) is 11.8 Å². The molecule has 7 heteroatoms. The zero-order chi connectivity index (χ0) is 25.9. The van der Waals surface area contributed by atoms with E-state index in [2.05, 4.69) is 28.3 Å². The highest BCUT2D eigenvalue weighted by Gasteiger charge is 2.33. The van der Waals surface area contributed by atoms with Crippen LogP contribution in [0.15, 0.2) is 42.6 Å². The molecule has 196 valence electrons. The van der Waals surface area contributed by atoms with Crippen LogP contribution in [0.4, 0.5) is 5.69 Å². The minimum atomic E-state index is 0.123. The van der Waals surface area contributed by atoms with E-state index in [1.54, 1.807) is 19.4 Å². The van der Waals surface area contributed by atoms with E-state index >= 15 is 0 Å². The summed E-state index contributed by atoms with van der Waals surface area (Å²) in [5.74, 6) is 1.67. The lowest BCUT2D eigenvalue weighted by molar-refractivity contribution is 0.0968. The first kappa shape index (κ1) is 26.0. The first-order chi connectivity index (χ1) is 17.9. The molecule has 6 nitrogen and oxygen atoms in total. The molecule has 1 aromatic heterocycles. The smallest absolute Gasteiger partial charge is 0.169 e. The number of methoxy groups -OCH3 is 1. The molecule has 2 aliphatic carbocycles. The van der Waals surface area contributed by atoms with Gasteiger partial charge in [-0.15, -0.1) is 0 Å². The van der Waals surface area contributed by atoms with Gasteiger partial charge in [-0.2, -0.15) is 0 Å². The second kappa shape index (κ2) is 11.4. The van der Waals surface area contributed by atoms with Gasteiger partial charge in [-0.05, 0) is 92.9 Å². The van der Waals surface area contributed by atoms with Crippen LogP contribution in [0.3, 0.4) is 0 Å². The van der Waals surface area contributed by atoms with Gasteiger partial charge >= 0.3 is 0 Å². The SMILES string of the molecule is COc1cc(Cl)cc(-c2ccc3ncc(C(=O)C4CC4)c(NC4CCC(CN(C)CCO)CC4)c3c2)c1. The first-order valence-corrected chi connectivity index (χ1v) is 13.7. The highest BCUT2D eigenvalue weighted by atomic mass is 35.5. The fourth-order valence-corrected chi connectivity index (χ4v) is 5.75. The molecule has 0 atom stereocenters. The van der Waals surface area contributed by atoms with Gasteiger partial charge in [0, 0.05) is 41.7 Å². The Hall–Kier alpha value is -2.67. The summed E-state index contributed by atoms with van der Waals surface area (Å²) in [5, 5.41) is 14.6. The Kier molecular flexibility index (Phi) is 7.98. The third-order valence-electron chi connectivity index (χ3n) is 7.77. The van der Waals surface area contributed by atoms with Crippen molar-refractivity contribution in [3.8, 4) is 16.9 Å². The topological polar surface area (TPSA) is 74.7 Å². The van der Waals surface area contributed by atoms with Crippen molar-refractivity contribution < 1.29 is 14.6 Å². The van der Waals surface area contributed by atoms with Crippen LogP contribution >= 0.6 is 11.6 Å². The predicted octanol–water partition coefficient (Wildman–Crippen LogP) is 6.05. The maximum Gasteiger partial charge on any atom is 0.169 e. The molecule has 3 aromatic rings. The summed E-state index contributed by atoms with van der Waals surface area (Å²) in [7, 11) is 3.71. The molecule has 0 radical (unpaired) electrons. The summed E-state index contributed by atoms with van der Waals surface area (Å²) in [6, 6.07) is 12.2. The first-order valence-electron chi connectivity index (χ1n) is 13.3. The van der Waals surface area contributed by atoms with Gasteiger partial charge in [-0.25, -0.2) is 0 Å². The average molecular weight is 522 g/mol. The number of aliphatic hydroxyl groups is 1. The number of hydrogen-bond acceptors (Lipinski definition) is 6. The number of ether oxygens (including phenoxy) is 1. The second-order valence-electron chi connectivity index (χ2n) is 10.6. The number of nitrogens with zero attached hydrogens (tertiary/aromatic N) is 2. The van der Waals surface area contributed by atoms with Crippen molar-refractivity contribution >= 4 is 34.0 Å². The number of pyridine rings is 1. The summed E-state index contributed by atoms with van der Waals surface area (Å²) in [5.41, 5.74) is 4.46. The Morgan fingerprint density at radius 3 is 2.59 bits per heavy atom. The van der Waals surface area contributed by atoms with Crippen LogP contribution < -0.4 is 10.1 Å². The van der Waals surface area contributed by atoms with Crippen molar-refractivity contribution in [2.24, 2.45) is 11.8 Å². The monoisotopic (exact) mass is 521 g/mol. The normalized spacial score (nSPS) is 19.8. The highest BCUT2D eigenvalue weighted by Crippen LogP contribution is 2.39. The molecule has 37 heavy (non-hydrogen) atoms. The van der Waals surface area contributed by atoms with Crippen LogP contribution in [0.5, 0.6) is 5.75 Å². The maximum atomic E-state index is 13.3. The Labute approximate surface area is 224 Å². The third-order valence-corrected chi connectivity index (χ3v) is 7.99. The van der Waals surface area contributed by atoms with E-state index < -0.39 is 0 Å². The molecule has 0 unspecified atom stereocenters. The number of nitrogens with one attached hydrogen (secondary N) is 1. The molecule has 2 saturated carbocycles. The van der Waals surface area contributed by atoms with Gasteiger partial charge in [0.25, 0.3) is 0 Å². The van der Waals surface area contributed by atoms with Crippen molar-refractivity contribution in [3.05, 3.63) is 53.2 Å². The molecule has 0 spiro atoms. The summed E-state index contributed by atoms with van der Waals surface area (Å²) in [6.45, 7) is 1.93. The number of ketones is 1. The molecular weight excluding hydrogens is 486 g/mol. The van der Waals surface area contributed by atoms with Crippen molar-refractivity contribution in [2.45, 2.75) is 44.6 Å². The van der Waals surface area contributed by atoms with Gasteiger partial charge in [0.15, 0.2) is 5.78 Å². The van der Waals surface area contributed by atoms with E-state index in [9.17, 15) is 9.90 Å². The van der Waals surface area contributed by atoms with Crippen molar-refractivity contribution in [3.63, 3.8) is 0 Å². The molecule has 0 amide bonds. The van der Waals surface area contributed by atoms with Crippen LogP contribution in [-0.2, 0) is 0 Å². The molecule has 0 saturated heterocycles. The Morgan fingerprint density at radius 2 is 1.89 bits per heavy atom. The zero-order valence-corrected chi connectivity index (χ0v) is 22.4. The second-order valence-corrected chi connectivity index (χ2v) is 11.1. The molecule has 1 heterocycles. The van der Waals surface area contributed by atoms with E-state index in [0.29, 0.717) is 34.8 Å². The fraction of sp³-hybridized carbons (Fsp3) is 0.467. The van der Waals surface area contributed by atoms with Crippen LogP contribution in [0.1, 0.15) is 48.9 Å². The van der Waals surface area contributed by atoms with Crippen LogP contribution in [-0.4, -0.2) is 60.7 Å². The molecule has 2 aromatic carbocycles. The molecule has 2 fully saturated rings. The van der Waals surface area contributed by atoms with Gasteiger partial charge in [0.05, 0.1) is 30.5 Å². The molecule has 5 rings (SSSR count). The van der Waals surface area contributed by atoms with E-state index in [1.807, 2.05) is 24.3 Å². The van der Waals surface area contributed by atoms with Gasteiger partial charge in [-0.1, -0.05) is 17.7 Å². The summed E-state index contributed by atoms with van der Waals surface area (Å²) in [4.78, 5) is 20.2. The van der Waals surface area contributed by atoms with Gasteiger partial charge in [0.2, 0.25) is 0 Å². The average Bonchev–Trinajstić information content (AvgIpc) is 3.75. The minimum Gasteiger partial charge on any atom is -0.497 e. The largest absolute Gasteiger partial charge is 0.497 e. The number of aromatic nitrogens is 1. The van der Waals surface area contributed by atoms with E-state index in [0.717, 1.165) is 72.8 Å². The Balaban J connectivity index is 1.45. The van der Waals surface area contributed by atoms with Crippen molar-refractivity contribution in [1.82, 2.24) is 9.88 Å². The fourth-order valence-electron chi connectivity index (χ4n) is 5.52. The molecule has 2 aliphatic rings.